The highest BCUT2D eigenvalue weighted by atomic mass is 35.5. The lowest BCUT2D eigenvalue weighted by atomic mass is 9.86. The van der Waals surface area contributed by atoms with Gasteiger partial charge in [-0.25, -0.2) is 0 Å². The summed E-state index contributed by atoms with van der Waals surface area (Å²) in [5, 5.41) is 10.3. The van der Waals surface area contributed by atoms with Crippen LogP contribution in [0.4, 0.5) is 0 Å². The van der Waals surface area contributed by atoms with Crippen molar-refractivity contribution in [1.29, 1.82) is 0 Å². The lowest BCUT2D eigenvalue weighted by Crippen LogP contribution is -2.38. The van der Waals surface area contributed by atoms with Gasteiger partial charge in [-0.15, -0.1) is 11.6 Å². The van der Waals surface area contributed by atoms with Crippen molar-refractivity contribution in [3.63, 3.8) is 0 Å². The molecule has 134 valence electrons. The maximum absolute atomic E-state index is 10.2. The highest BCUT2D eigenvalue weighted by Crippen LogP contribution is 2.42. The third kappa shape index (κ3) is 3.02. The van der Waals surface area contributed by atoms with Crippen LogP contribution in [0.1, 0.15) is 47.6 Å². The van der Waals surface area contributed by atoms with E-state index in [1.54, 1.807) is 7.11 Å². The first kappa shape index (κ1) is 16.8. The summed E-state index contributed by atoms with van der Waals surface area (Å²) >= 11 is 6.29. The molecule has 5 heteroatoms. The van der Waals surface area contributed by atoms with Gasteiger partial charge in [-0.1, -0.05) is 6.92 Å². The van der Waals surface area contributed by atoms with Gasteiger partial charge in [-0.3, -0.25) is 4.90 Å². The topological polar surface area (TPSA) is 45.8 Å². The molecule has 2 aromatic rings. The molecule has 0 saturated carbocycles. The lowest BCUT2D eigenvalue weighted by Gasteiger charge is -2.40. The van der Waals surface area contributed by atoms with Crippen molar-refractivity contribution in [3.05, 3.63) is 46.4 Å². The molecule has 25 heavy (non-hydrogen) atoms. The van der Waals surface area contributed by atoms with Gasteiger partial charge < -0.3 is 14.3 Å². The minimum absolute atomic E-state index is 0.125. The van der Waals surface area contributed by atoms with Crippen LogP contribution >= 0.6 is 11.6 Å². The Kier molecular flexibility index (Phi) is 4.42. The summed E-state index contributed by atoms with van der Waals surface area (Å²) in [5.41, 5.74) is 3.74. The number of alkyl halides is 1. The van der Waals surface area contributed by atoms with E-state index in [2.05, 4.69) is 17.9 Å². The minimum atomic E-state index is 0.125. The van der Waals surface area contributed by atoms with Crippen molar-refractivity contribution in [1.82, 2.24) is 4.90 Å². The van der Waals surface area contributed by atoms with Gasteiger partial charge in [0.25, 0.3) is 0 Å². The Labute approximate surface area is 153 Å². The normalized spacial score (nSPS) is 20.5. The molecule has 2 atom stereocenters. The summed E-state index contributed by atoms with van der Waals surface area (Å²) in [6, 6.07) is 6.28. The molecule has 0 bridgehead atoms. The monoisotopic (exact) mass is 361 g/mol. The molecule has 1 N–H and O–H groups in total. The Morgan fingerprint density at radius 3 is 2.96 bits per heavy atom. The van der Waals surface area contributed by atoms with Crippen LogP contribution in [0.15, 0.2) is 22.6 Å². The summed E-state index contributed by atoms with van der Waals surface area (Å²) in [5.74, 6) is 2.82. The lowest BCUT2D eigenvalue weighted by molar-refractivity contribution is 0.150. The van der Waals surface area contributed by atoms with Gasteiger partial charge in [0.1, 0.15) is 11.5 Å². The summed E-state index contributed by atoms with van der Waals surface area (Å²) in [6.45, 7) is 4.01. The van der Waals surface area contributed by atoms with Crippen LogP contribution in [0.25, 0.3) is 0 Å². The molecular formula is C20H24ClNO3. The predicted octanol–water partition coefficient (Wildman–Crippen LogP) is 4.21. The number of rotatable bonds is 4. The standard InChI is InChI=1S/C20H24ClNO3/c1-3-14(21)8-15-6-13-11-22-5-4-12-7-20(24-2)18(23)9-16(12)17(22)10-19(13)25-15/h6-7,9,14,17,23H,3-5,8,10-11H2,1-2H3/t14?,17-/m0/s1. The molecule has 0 fully saturated rings. The number of hydrogen-bond acceptors (Lipinski definition) is 4. The first-order chi connectivity index (χ1) is 12.1. The van der Waals surface area contributed by atoms with Gasteiger partial charge in [0.15, 0.2) is 11.5 Å². The zero-order chi connectivity index (χ0) is 17.6. The maximum atomic E-state index is 10.2. The number of aromatic hydroxyl groups is 1. The van der Waals surface area contributed by atoms with Crippen molar-refractivity contribution in [2.45, 2.75) is 50.6 Å². The molecule has 0 spiro atoms. The number of hydrogen-bond donors (Lipinski definition) is 1. The van der Waals surface area contributed by atoms with Crippen molar-refractivity contribution in [2.24, 2.45) is 0 Å². The average molecular weight is 362 g/mol. The second kappa shape index (κ2) is 6.58. The summed E-state index contributed by atoms with van der Waals surface area (Å²) in [6.07, 6.45) is 3.54. The second-order valence-electron chi connectivity index (χ2n) is 7.03. The first-order valence-corrected chi connectivity index (χ1v) is 9.41. The molecule has 3 heterocycles. The Morgan fingerprint density at radius 1 is 1.36 bits per heavy atom. The number of fused-ring (bicyclic) bond motifs is 4. The fraction of sp³-hybridized carbons (Fsp3) is 0.500. The van der Waals surface area contributed by atoms with E-state index in [4.69, 9.17) is 20.8 Å². The van der Waals surface area contributed by atoms with Crippen LogP contribution in [-0.4, -0.2) is 29.0 Å². The Balaban J connectivity index is 1.63. The van der Waals surface area contributed by atoms with E-state index in [-0.39, 0.29) is 17.2 Å². The summed E-state index contributed by atoms with van der Waals surface area (Å²) in [4.78, 5) is 2.48. The average Bonchev–Trinajstić information content (AvgIpc) is 3.00. The molecule has 1 aromatic carbocycles. The molecular weight excluding hydrogens is 338 g/mol. The number of nitrogens with zero attached hydrogens (tertiary/aromatic N) is 1. The van der Waals surface area contributed by atoms with E-state index in [1.165, 1.54) is 16.7 Å². The van der Waals surface area contributed by atoms with Crippen LogP contribution in [0.3, 0.4) is 0 Å². The predicted molar refractivity (Wildman–Crippen MR) is 97.6 cm³/mol. The number of ether oxygens (including phenoxy) is 1. The molecule has 0 saturated heterocycles. The van der Waals surface area contributed by atoms with Crippen molar-refractivity contribution in [3.8, 4) is 11.5 Å². The van der Waals surface area contributed by atoms with Gasteiger partial charge in [0, 0.05) is 42.9 Å². The zero-order valence-electron chi connectivity index (χ0n) is 14.7. The third-order valence-electron chi connectivity index (χ3n) is 5.47. The number of phenolic OH excluding ortho intramolecular Hbond substituents is 1. The van der Waals surface area contributed by atoms with Crippen LogP contribution in [0.5, 0.6) is 11.5 Å². The Bertz CT molecular complexity index is 785. The molecule has 0 radical (unpaired) electrons. The number of benzene rings is 1. The smallest absolute Gasteiger partial charge is 0.160 e. The minimum Gasteiger partial charge on any atom is -0.504 e. The number of furan rings is 1. The molecule has 4 nitrogen and oxygen atoms in total. The molecule has 2 aliphatic rings. The highest BCUT2D eigenvalue weighted by molar-refractivity contribution is 6.20. The van der Waals surface area contributed by atoms with E-state index in [0.717, 1.165) is 50.3 Å². The number of phenols is 1. The van der Waals surface area contributed by atoms with E-state index >= 15 is 0 Å². The van der Waals surface area contributed by atoms with Crippen molar-refractivity contribution < 1.29 is 14.3 Å². The van der Waals surface area contributed by atoms with Gasteiger partial charge in [-0.05, 0) is 42.2 Å². The Hall–Kier alpha value is -1.65. The van der Waals surface area contributed by atoms with Crippen molar-refractivity contribution in [2.75, 3.05) is 13.7 Å². The third-order valence-corrected chi connectivity index (χ3v) is 5.94. The molecule has 2 aliphatic heterocycles. The maximum Gasteiger partial charge on any atom is 0.160 e. The van der Waals surface area contributed by atoms with Crippen LogP contribution in [0, 0.1) is 0 Å². The van der Waals surface area contributed by atoms with E-state index < -0.39 is 0 Å². The second-order valence-corrected chi connectivity index (χ2v) is 7.65. The van der Waals surface area contributed by atoms with Crippen molar-refractivity contribution >= 4 is 11.6 Å². The summed E-state index contributed by atoms with van der Waals surface area (Å²) in [7, 11) is 1.59. The summed E-state index contributed by atoms with van der Waals surface area (Å²) < 4.78 is 11.4. The molecule has 1 unspecified atom stereocenters. The molecule has 4 rings (SSSR count). The molecule has 0 aliphatic carbocycles. The van der Waals surface area contributed by atoms with E-state index in [9.17, 15) is 5.11 Å². The number of methoxy groups -OCH3 is 1. The van der Waals surface area contributed by atoms with E-state index in [1.807, 2.05) is 12.1 Å². The quantitative estimate of drug-likeness (QED) is 0.828. The number of halogens is 1. The Morgan fingerprint density at radius 2 is 2.20 bits per heavy atom. The molecule has 0 amide bonds. The largest absolute Gasteiger partial charge is 0.504 e. The van der Waals surface area contributed by atoms with Crippen LogP contribution in [-0.2, 0) is 25.8 Å². The zero-order valence-corrected chi connectivity index (χ0v) is 15.5. The molecule has 1 aromatic heterocycles. The van der Waals surface area contributed by atoms with E-state index in [0.29, 0.717) is 5.75 Å². The van der Waals surface area contributed by atoms with Gasteiger partial charge in [0.2, 0.25) is 0 Å². The fourth-order valence-electron chi connectivity index (χ4n) is 4.05. The van der Waals surface area contributed by atoms with Crippen LogP contribution < -0.4 is 4.74 Å². The van der Waals surface area contributed by atoms with Crippen LogP contribution in [0.2, 0.25) is 0 Å². The SMILES string of the molecule is CCC(Cl)Cc1cc2c(o1)C[C@H]1c3cc(O)c(OC)cc3CCN1C2. The first-order valence-electron chi connectivity index (χ1n) is 8.97. The van der Waals surface area contributed by atoms with Gasteiger partial charge in [0.05, 0.1) is 7.11 Å². The van der Waals surface area contributed by atoms with Gasteiger partial charge >= 0.3 is 0 Å². The van der Waals surface area contributed by atoms with Gasteiger partial charge in [-0.2, -0.15) is 0 Å². The fourth-order valence-corrected chi connectivity index (χ4v) is 4.21. The highest BCUT2D eigenvalue weighted by Gasteiger charge is 2.34.